The van der Waals surface area contributed by atoms with E-state index in [2.05, 4.69) is 10.4 Å². The molecule has 0 spiro atoms. The van der Waals surface area contributed by atoms with E-state index in [0.717, 1.165) is 24.9 Å². The summed E-state index contributed by atoms with van der Waals surface area (Å²) >= 11 is 0. The van der Waals surface area contributed by atoms with Crippen molar-refractivity contribution in [3.05, 3.63) is 60.5 Å². The van der Waals surface area contributed by atoms with Crippen LogP contribution in [0.3, 0.4) is 0 Å². The van der Waals surface area contributed by atoms with Crippen molar-refractivity contribution in [3.8, 4) is 17.1 Å². The van der Waals surface area contributed by atoms with Crippen molar-refractivity contribution in [2.75, 3.05) is 0 Å². The predicted molar refractivity (Wildman–Crippen MR) is 95.0 cm³/mol. The smallest absolute Gasteiger partial charge is 0.270 e. The zero-order chi connectivity index (χ0) is 17.5. The molecule has 0 saturated carbocycles. The van der Waals surface area contributed by atoms with E-state index in [4.69, 9.17) is 9.15 Å². The lowest BCUT2D eigenvalue weighted by Gasteiger charge is -2.20. The Morgan fingerprint density at radius 2 is 2.04 bits per heavy atom. The number of rotatable bonds is 4. The normalized spacial score (nSPS) is 24.1. The fourth-order valence-corrected chi connectivity index (χ4v) is 3.89. The third kappa shape index (κ3) is 2.63. The highest BCUT2D eigenvalue weighted by atomic mass is 16.5. The Hall–Kier alpha value is -2.86. The zero-order valence-corrected chi connectivity index (χ0v) is 14.2. The lowest BCUT2D eigenvalue weighted by Crippen LogP contribution is -2.42. The molecule has 1 amide bonds. The minimum atomic E-state index is -0.139. The van der Waals surface area contributed by atoms with Gasteiger partial charge in [-0.1, -0.05) is 18.2 Å². The molecule has 3 atom stereocenters. The van der Waals surface area contributed by atoms with E-state index in [1.54, 1.807) is 17.0 Å². The molecule has 2 fully saturated rings. The molecule has 1 aromatic carbocycles. The van der Waals surface area contributed by atoms with Crippen LogP contribution in [-0.4, -0.2) is 33.9 Å². The molecule has 2 aliphatic heterocycles. The Kier molecular flexibility index (Phi) is 3.64. The molecule has 26 heavy (non-hydrogen) atoms. The van der Waals surface area contributed by atoms with E-state index in [1.807, 2.05) is 42.5 Å². The van der Waals surface area contributed by atoms with Crippen molar-refractivity contribution in [2.24, 2.45) is 0 Å². The number of carbonyl (C=O) groups excluding carboxylic acids is 1. The SMILES string of the molecule is O=C(N[C@@H]1C[C@H]2CC[C@@H]1O2)c1cc(-c2ccco2)nn1-c1ccccc1. The second-order valence-electron chi connectivity index (χ2n) is 6.83. The van der Waals surface area contributed by atoms with Crippen LogP contribution in [-0.2, 0) is 4.74 Å². The van der Waals surface area contributed by atoms with Crippen LogP contribution in [0.1, 0.15) is 29.8 Å². The summed E-state index contributed by atoms with van der Waals surface area (Å²) in [5.74, 6) is 0.497. The first-order chi connectivity index (χ1) is 12.8. The molecule has 2 aliphatic rings. The average Bonchev–Trinajstić information content (AvgIpc) is 3.45. The second-order valence-corrected chi connectivity index (χ2v) is 6.83. The van der Waals surface area contributed by atoms with Crippen LogP contribution in [0.2, 0.25) is 0 Å². The van der Waals surface area contributed by atoms with Crippen LogP contribution in [0.4, 0.5) is 0 Å². The number of aromatic nitrogens is 2. The van der Waals surface area contributed by atoms with Crippen LogP contribution < -0.4 is 5.32 Å². The monoisotopic (exact) mass is 349 g/mol. The number of para-hydroxylation sites is 1. The lowest BCUT2D eigenvalue weighted by atomic mass is 9.95. The van der Waals surface area contributed by atoms with Crippen LogP contribution in [0.5, 0.6) is 0 Å². The Morgan fingerprint density at radius 1 is 1.15 bits per heavy atom. The summed E-state index contributed by atoms with van der Waals surface area (Å²) in [6, 6.07) is 15.1. The number of fused-ring (bicyclic) bond motifs is 2. The Bertz CT molecular complexity index is 917. The summed E-state index contributed by atoms with van der Waals surface area (Å²) in [5.41, 5.74) is 1.96. The highest BCUT2D eigenvalue weighted by Crippen LogP contribution is 2.34. The maximum Gasteiger partial charge on any atom is 0.270 e. The number of hydrogen-bond donors (Lipinski definition) is 1. The maximum atomic E-state index is 13.0. The van der Waals surface area contributed by atoms with Gasteiger partial charge < -0.3 is 14.5 Å². The third-order valence-electron chi connectivity index (χ3n) is 5.14. The minimum Gasteiger partial charge on any atom is -0.463 e. The van der Waals surface area contributed by atoms with E-state index in [1.165, 1.54) is 0 Å². The molecular formula is C20H19N3O3. The number of amides is 1. The van der Waals surface area contributed by atoms with Crippen molar-refractivity contribution in [1.82, 2.24) is 15.1 Å². The van der Waals surface area contributed by atoms with Crippen LogP contribution in [0.15, 0.2) is 59.2 Å². The number of nitrogens with one attached hydrogen (secondary N) is 1. The average molecular weight is 349 g/mol. The number of carbonyl (C=O) groups is 1. The van der Waals surface area contributed by atoms with Crippen molar-refractivity contribution >= 4 is 5.91 Å². The molecule has 3 aromatic rings. The number of nitrogens with zero attached hydrogens (tertiary/aromatic N) is 2. The van der Waals surface area contributed by atoms with Gasteiger partial charge in [-0.25, -0.2) is 4.68 Å². The standard InChI is InChI=1S/C20H19N3O3/c24-20(21-15-11-14-8-9-19(15)26-14)17-12-16(18-7-4-10-25-18)22-23(17)13-5-2-1-3-6-13/h1-7,10,12,14-15,19H,8-9,11H2,(H,21,24)/t14-,15-,19+/m1/s1. The molecule has 1 N–H and O–H groups in total. The summed E-state index contributed by atoms with van der Waals surface area (Å²) in [7, 11) is 0. The summed E-state index contributed by atoms with van der Waals surface area (Å²) in [6.07, 6.45) is 5.04. The van der Waals surface area contributed by atoms with Crippen molar-refractivity contribution in [2.45, 2.75) is 37.5 Å². The molecule has 2 bridgehead atoms. The van der Waals surface area contributed by atoms with Crippen LogP contribution in [0, 0.1) is 0 Å². The molecule has 6 heteroatoms. The van der Waals surface area contributed by atoms with Crippen LogP contribution >= 0.6 is 0 Å². The fraction of sp³-hybridized carbons (Fsp3) is 0.300. The largest absolute Gasteiger partial charge is 0.463 e. The first-order valence-corrected chi connectivity index (χ1v) is 8.93. The van der Waals surface area contributed by atoms with E-state index in [-0.39, 0.29) is 18.1 Å². The fourth-order valence-electron chi connectivity index (χ4n) is 3.89. The third-order valence-corrected chi connectivity index (χ3v) is 5.14. The van der Waals surface area contributed by atoms with Gasteiger partial charge >= 0.3 is 0 Å². The first-order valence-electron chi connectivity index (χ1n) is 8.93. The number of furan rings is 1. The van der Waals surface area contributed by atoms with E-state index in [9.17, 15) is 4.79 Å². The summed E-state index contributed by atoms with van der Waals surface area (Å²) in [6.45, 7) is 0. The molecule has 5 rings (SSSR count). The maximum absolute atomic E-state index is 13.0. The van der Waals surface area contributed by atoms with Gasteiger partial charge in [0.05, 0.1) is 30.2 Å². The van der Waals surface area contributed by atoms with Crippen LogP contribution in [0.25, 0.3) is 17.1 Å². The zero-order valence-electron chi connectivity index (χ0n) is 14.2. The van der Waals surface area contributed by atoms with Crippen molar-refractivity contribution in [1.29, 1.82) is 0 Å². The number of hydrogen-bond acceptors (Lipinski definition) is 4. The molecule has 2 saturated heterocycles. The minimum absolute atomic E-state index is 0.0763. The van der Waals surface area contributed by atoms with Gasteiger partial charge in [-0.15, -0.1) is 0 Å². The molecule has 132 valence electrons. The Morgan fingerprint density at radius 3 is 2.73 bits per heavy atom. The Balaban J connectivity index is 1.49. The molecule has 0 unspecified atom stereocenters. The molecule has 6 nitrogen and oxygen atoms in total. The summed E-state index contributed by atoms with van der Waals surface area (Å²) in [4.78, 5) is 13.0. The van der Waals surface area contributed by atoms with Gasteiger partial charge in [-0.05, 0) is 43.5 Å². The summed E-state index contributed by atoms with van der Waals surface area (Å²) < 4.78 is 13.0. The van der Waals surface area contributed by atoms with E-state index >= 15 is 0 Å². The highest BCUT2D eigenvalue weighted by Gasteiger charge is 2.41. The van der Waals surface area contributed by atoms with Gasteiger partial charge in [0.25, 0.3) is 5.91 Å². The van der Waals surface area contributed by atoms with Gasteiger partial charge in [0.2, 0.25) is 0 Å². The second kappa shape index (κ2) is 6.14. The quantitative estimate of drug-likeness (QED) is 0.785. The van der Waals surface area contributed by atoms with Gasteiger partial charge in [-0.2, -0.15) is 5.10 Å². The highest BCUT2D eigenvalue weighted by molar-refractivity contribution is 5.94. The van der Waals surface area contributed by atoms with Gasteiger partial charge in [0, 0.05) is 6.07 Å². The Labute approximate surface area is 150 Å². The van der Waals surface area contributed by atoms with Gasteiger partial charge in [-0.3, -0.25) is 4.79 Å². The van der Waals surface area contributed by atoms with Gasteiger partial charge in [0.1, 0.15) is 11.4 Å². The van der Waals surface area contributed by atoms with Crippen molar-refractivity contribution < 1.29 is 13.9 Å². The lowest BCUT2D eigenvalue weighted by molar-refractivity contribution is 0.0835. The number of benzene rings is 1. The molecule has 0 aliphatic carbocycles. The van der Waals surface area contributed by atoms with E-state index in [0.29, 0.717) is 23.3 Å². The molecule has 4 heterocycles. The van der Waals surface area contributed by atoms with Crippen molar-refractivity contribution in [3.63, 3.8) is 0 Å². The van der Waals surface area contributed by atoms with E-state index < -0.39 is 0 Å². The predicted octanol–water partition coefficient (Wildman–Crippen LogP) is 3.18. The number of ether oxygens (including phenoxy) is 1. The first kappa shape index (κ1) is 15.4. The van der Waals surface area contributed by atoms with Gasteiger partial charge in [0.15, 0.2) is 5.76 Å². The molecule has 0 radical (unpaired) electrons. The molecule has 2 aromatic heterocycles. The topological polar surface area (TPSA) is 69.3 Å². The summed E-state index contributed by atoms with van der Waals surface area (Å²) in [5, 5.41) is 7.74. The molecular weight excluding hydrogens is 330 g/mol.